The van der Waals surface area contributed by atoms with Gasteiger partial charge in [0.05, 0.1) is 23.2 Å². The molecule has 0 spiro atoms. The standard InChI is InChI=1S/C36H64N8O4S2/c1-27(2)23-35(13,43-39-31(5,6)7)49-21-19-47-29(45)15-17-33(11,25-37)41-42-34(12,26-38)18-16-30(46)48-20-22-50-36(14,24-28(3)4)44-40-32(8,9)10/h27-28H,15-24H2,1-14H3. The summed E-state index contributed by atoms with van der Waals surface area (Å²) in [4.78, 5) is 24.2. The lowest BCUT2D eigenvalue weighted by Crippen LogP contribution is -2.26. The molecule has 284 valence electrons. The minimum Gasteiger partial charge on any atom is -0.465 e. The van der Waals surface area contributed by atoms with Gasteiger partial charge in [-0.15, -0.1) is 23.5 Å². The fourth-order valence-corrected chi connectivity index (χ4v) is 6.74. The van der Waals surface area contributed by atoms with Crippen LogP contribution in [0.1, 0.15) is 135 Å². The zero-order valence-corrected chi connectivity index (χ0v) is 34.9. The van der Waals surface area contributed by atoms with Gasteiger partial charge in [0.15, 0.2) is 11.1 Å². The van der Waals surface area contributed by atoms with Crippen LogP contribution in [0.25, 0.3) is 0 Å². The molecule has 0 aromatic heterocycles. The number of hydrogen-bond acceptors (Lipinski definition) is 14. The van der Waals surface area contributed by atoms with Gasteiger partial charge in [-0.25, -0.2) is 0 Å². The molecule has 0 fully saturated rings. The van der Waals surface area contributed by atoms with E-state index in [1.165, 1.54) is 0 Å². The summed E-state index contributed by atoms with van der Waals surface area (Å²) in [6.45, 7) is 28.1. The fraction of sp³-hybridized carbons (Fsp3) is 0.889. The summed E-state index contributed by atoms with van der Waals surface area (Å²) in [7, 11) is 0. The molecule has 0 aliphatic carbocycles. The molecule has 0 N–H and O–H groups in total. The van der Waals surface area contributed by atoms with Gasteiger partial charge in [0, 0.05) is 24.3 Å². The molecule has 12 nitrogen and oxygen atoms in total. The second-order valence-electron chi connectivity index (χ2n) is 16.4. The lowest BCUT2D eigenvalue weighted by molar-refractivity contribution is -0.144. The van der Waals surface area contributed by atoms with Crippen LogP contribution in [-0.2, 0) is 19.1 Å². The lowest BCUT2D eigenvalue weighted by Gasteiger charge is -2.26. The Bertz CT molecular complexity index is 1150. The highest BCUT2D eigenvalue weighted by Crippen LogP contribution is 2.36. The second kappa shape index (κ2) is 21.1. The maximum absolute atomic E-state index is 12.5. The second-order valence-corrected chi connectivity index (χ2v) is 19.5. The highest BCUT2D eigenvalue weighted by atomic mass is 32.2. The summed E-state index contributed by atoms with van der Waals surface area (Å²) >= 11 is 3.20. The van der Waals surface area contributed by atoms with Gasteiger partial charge in [0.2, 0.25) is 0 Å². The number of ether oxygens (including phenoxy) is 2. The van der Waals surface area contributed by atoms with E-state index in [-0.39, 0.29) is 50.0 Å². The van der Waals surface area contributed by atoms with Crippen LogP contribution >= 0.6 is 23.5 Å². The summed E-state index contributed by atoms with van der Waals surface area (Å²) in [5.41, 5.74) is -3.25. The molecule has 4 atom stereocenters. The maximum atomic E-state index is 12.5. The van der Waals surface area contributed by atoms with Gasteiger partial charge in [0.1, 0.15) is 23.0 Å². The highest BCUT2D eigenvalue weighted by Gasteiger charge is 2.31. The van der Waals surface area contributed by atoms with Crippen LogP contribution in [0.5, 0.6) is 0 Å². The predicted octanol–water partition coefficient (Wildman–Crippen LogP) is 10.1. The Morgan fingerprint density at radius 3 is 1.16 bits per heavy atom. The molecule has 0 amide bonds. The van der Waals surface area contributed by atoms with E-state index in [2.05, 4.69) is 70.5 Å². The minimum atomic E-state index is -1.35. The molecule has 0 heterocycles. The fourth-order valence-electron chi connectivity index (χ4n) is 4.43. The van der Waals surface area contributed by atoms with Crippen molar-refractivity contribution < 1.29 is 19.1 Å². The van der Waals surface area contributed by atoms with Crippen molar-refractivity contribution in [2.45, 2.75) is 167 Å². The van der Waals surface area contributed by atoms with Crippen LogP contribution in [0.2, 0.25) is 0 Å². The third-order valence-corrected chi connectivity index (χ3v) is 9.30. The predicted molar refractivity (Wildman–Crippen MR) is 203 cm³/mol. The number of esters is 2. The molecular formula is C36H64N8O4S2. The summed E-state index contributed by atoms with van der Waals surface area (Å²) in [5.74, 6) is 1.05. The van der Waals surface area contributed by atoms with Crippen LogP contribution in [0, 0.1) is 34.5 Å². The Labute approximate surface area is 310 Å². The van der Waals surface area contributed by atoms with Gasteiger partial charge in [-0.2, -0.15) is 41.2 Å². The highest BCUT2D eigenvalue weighted by molar-refractivity contribution is 8.00. The third-order valence-electron chi connectivity index (χ3n) is 6.82. The molecular weight excluding hydrogens is 673 g/mol. The molecule has 50 heavy (non-hydrogen) atoms. The number of hydrogen-bond donors (Lipinski definition) is 0. The summed E-state index contributed by atoms with van der Waals surface area (Å²) in [6, 6.07) is 4.18. The average molecular weight is 737 g/mol. The summed E-state index contributed by atoms with van der Waals surface area (Å²) in [6.07, 6.45) is 1.72. The number of thioether (sulfide) groups is 2. The molecule has 0 aromatic carbocycles. The molecule has 0 aromatic rings. The van der Waals surface area contributed by atoms with Crippen molar-refractivity contribution in [3.8, 4) is 12.1 Å². The van der Waals surface area contributed by atoms with Gasteiger partial charge < -0.3 is 9.47 Å². The normalized spacial score (nSPS) is 17.6. The largest absolute Gasteiger partial charge is 0.465 e. The van der Waals surface area contributed by atoms with Crippen molar-refractivity contribution in [3.05, 3.63) is 0 Å². The molecule has 0 aliphatic heterocycles. The van der Waals surface area contributed by atoms with Crippen molar-refractivity contribution >= 4 is 35.5 Å². The first-order valence-electron chi connectivity index (χ1n) is 17.5. The van der Waals surface area contributed by atoms with Gasteiger partial charge in [-0.1, -0.05) is 27.7 Å². The molecule has 4 unspecified atom stereocenters. The van der Waals surface area contributed by atoms with Gasteiger partial charge in [0.25, 0.3) is 0 Å². The van der Waals surface area contributed by atoms with E-state index >= 15 is 0 Å². The van der Waals surface area contributed by atoms with E-state index in [1.54, 1.807) is 37.4 Å². The first kappa shape index (κ1) is 47.4. The monoisotopic (exact) mass is 736 g/mol. The lowest BCUT2D eigenvalue weighted by atomic mass is 9.97. The molecule has 0 aliphatic rings. The van der Waals surface area contributed by atoms with E-state index in [0.717, 1.165) is 12.8 Å². The van der Waals surface area contributed by atoms with Gasteiger partial charge in [-0.05, 0) is 107 Å². The molecule has 0 saturated heterocycles. The quantitative estimate of drug-likeness (QED) is 0.0599. The summed E-state index contributed by atoms with van der Waals surface area (Å²) in [5, 5.41) is 46.1. The topological polar surface area (TPSA) is 174 Å². The van der Waals surface area contributed by atoms with E-state index in [4.69, 9.17) is 9.47 Å². The smallest absolute Gasteiger partial charge is 0.305 e. The first-order chi connectivity index (χ1) is 22.8. The number of carbonyl (C=O) groups is 2. The Hall–Kier alpha value is -2.58. The number of nitrogens with zero attached hydrogens (tertiary/aromatic N) is 8. The first-order valence-corrected chi connectivity index (χ1v) is 19.5. The zero-order chi connectivity index (χ0) is 38.9. The SMILES string of the molecule is CC(C)CC(C)(N=NC(C)(C)C)SCCOC(=O)CCC(C)(C#N)N=NC(C)(C#N)CCC(=O)OCCSC(C)(CC(C)C)N=NC(C)(C)C. The van der Waals surface area contributed by atoms with E-state index in [9.17, 15) is 20.1 Å². The van der Waals surface area contributed by atoms with Gasteiger partial charge >= 0.3 is 11.9 Å². The van der Waals surface area contributed by atoms with Crippen molar-refractivity contribution in [3.63, 3.8) is 0 Å². The number of carbonyl (C=O) groups excluding carboxylic acids is 2. The van der Waals surface area contributed by atoms with Gasteiger partial charge in [-0.3, -0.25) is 9.59 Å². The van der Waals surface area contributed by atoms with Crippen molar-refractivity contribution in [1.29, 1.82) is 10.5 Å². The zero-order valence-electron chi connectivity index (χ0n) is 33.3. The third kappa shape index (κ3) is 23.0. The maximum Gasteiger partial charge on any atom is 0.305 e. The molecule has 0 radical (unpaired) electrons. The number of rotatable bonds is 22. The molecule has 0 saturated carbocycles. The van der Waals surface area contributed by atoms with Crippen LogP contribution in [0.15, 0.2) is 30.7 Å². The van der Waals surface area contributed by atoms with Crippen LogP contribution in [0.3, 0.4) is 0 Å². The Morgan fingerprint density at radius 1 is 0.580 bits per heavy atom. The van der Waals surface area contributed by atoms with Crippen molar-refractivity contribution in [1.82, 2.24) is 0 Å². The van der Waals surface area contributed by atoms with E-state index in [1.807, 2.05) is 55.4 Å². The minimum absolute atomic E-state index is 0.0395. The number of nitriles is 2. The van der Waals surface area contributed by atoms with Crippen molar-refractivity contribution in [2.24, 2.45) is 42.5 Å². The Balaban J connectivity index is 4.97. The van der Waals surface area contributed by atoms with E-state index < -0.39 is 32.8 Å². The number of azo groups is 3. The Kier molecular flexibility index (Phi) is 20.0. The molecule has 0 rings (SSSR count). The average Bonchev–Trinajstić information content (AvgIpc) is 2.99. The van der Waals surface area contributed by atoms with Crippen LogP contribution in [-0.4, -0.2) is 68.6 Å². The Morgan fingerprint density at radius 2 is 0.900 bits per heavy atom. The molecule has 14 heteroatoms. The summed E-state index contributed by atoms with van der Waals surface area (Å²) < 4.78 is 10.9. The van der Waals surface area contributed by atoms with Crippen LogP contribution in [0.4, 0.5) is 0 Å². The van der Waals surface area contributed by atoms with E-state index in [0.29, 0.717) is 23.3 Å². The van der Waals surface area contributed by atoms with Crippen LogP contribution < -0.4 is 0 Å². The molecule has 0 bridgehead atoms. The van der Waals surface area contributed by atoms with Crippen molar-refractivity contribution in [2.75, 3.05) is 24.7 Å².